The predicted octanol–water partition coefficient (Wildman–Crippen LogP) is 4.88. The van der Waals surface area contributed by atoms with Gasteiger partial charge in [0.1, 0.15) is 9.47 Å². The zero-order valence-electron chi connectivity index (χ0n) is 13.7. The number of aromatic nitrogens is 3. The van der Waals surface area contributed by atoms with Crippen molar-refractivity contribution in [1.29, 1.82) is 0 Å². The van der Waals surface area contributed by atoms with Crippen molar-refractivity contribution in [2.24, 2.45) is 0 Å². The van der Waals surface area contributed by atoms with Gasteiger partial charge in [0.05, 0.1) is 34.4 Å². The van der Waals surface area contributed by atoms with E-state index < -0.39 is 0 Å². The zero-order valence-corrected chi connectivity index (χ0v) is 15.3. The Hall–Kier alpha value is -1.37. The van der Waals surface area contributed by atoms with Crippen molar-refractivity contribution in [3.8, 4) is 0 Å². The Labute approximate surface area is 143 Å². The Morgan fingerprint density at radius 1 is 1.35 bits per heavy atom. The number of nitrogens with zero attached hydrogens (tertiary/aromatic N) is 2. The summed E-state index contributed by atoms with van der Waals surface area (Å²) < 4.78 is 7.74. The number of hydrogen-bond donors (Lipinski definition) is 1. The van der Waals surface area contributed by atoms with Crippen LogP contribution in [-0.2, 0) is 17.8 Å². The summed E-state index contributed by atoms with van der Waals surface area (Å²) in [5, 5.41) is 1.20. The second-order valence-corrected chi connectivity index (χ2v) is 8.41. The molecule has 0 saturated heterocycles. The number of ether oxygens (including phenoxy) is 1. The minimum atomic E-state index is -0.159. The molecule has 6 heteroatoms. The monoisotopic (exact) mass is 345 g/mol. The quantitative estimate of drug-likeness (QED) is 0.639. The van der Waals surface area contributed by atoms with Gasteiger partial charge in [0.2, 0.25) is 0 Å². The van der Waals surface area contributed by atoms with Gasteiger partial charge in [0, 0.05) is 17.4 Å². The fourth-order valence-electron chi connectivity index (χ4n) is 3.34. The molecule has 4 heterocycles. The van der Waals surface area contributed by atoms with E-state index in [0.29, 0.717) is 17.2 Å². The zero-order chi connectivity index (χ0) is 16.4. The van der Waals surface area contributed by atoms with Gasteiger partial charge in [-0.1, -0.05) is 26.1 Å². The maximum absolute atomic E-state index is 6.06. The van der Waals surface area contributed by atoms with Crippen LogP contribution in [0.3, 0.4) is 0 Å². The fraction of sp³-hybridized carbons (Fsp3) is 0.471. The van der Waals surface area contributed by atoms with Crippen molar-refractivity contribution >= 4 is 44.0 Å². The Balaban J connectivity index is 2.17. The first kappa shape index (κ1) is 15.2. The van der Waals surface area contributed by atoms with Crippen LogP contribution in [0.4, 0.5) is 0 Å². The lowest BCUT2D eigenvalue weighted by molar-refractivity contribution is -0.0402. The fourth-order valence-corrected chi connectivity index (χ4v) is 4.69. The van der Waals surface area contributed by atoms with E-state index in [2.05, 4.69) is 37.7 Å². The molecule has 0 aromatic carbocycles. The first-order valence-corrected chi connectivity index (χ1v) is 9.05. The number of H-pyrrole nitrogens is 1. The van der Waals surface area contributed by atoms with Gasteiger partial charge in [-0.15, -0.1) is 11.3 Å². The SMILES string of the molecule is CC(C)c1nc2sc3c(=S)nc[nH]c3c2c2c1COC(C)(C)C2. The molecule has 0 aliphatic carbocycles. The van der Waals surface area contributed by atoms with Crippen molar-refractivity contribution < 1.29 is 4.74 Å². The molecule has 3 aromatic heterocycles. The highest BCUT2D eigenvalue weighted by molar-refractivity contribution is 7.71. The van der Waals surface area contributed by atoms with Crippen LogP contribution in [0.2, 0.25) is 0 Å². The minimum absolute atomic E-state index is 0.159. The number of pyridine rings is 1. The molecular formula is C17H19N3OS2. The average molecular weight is 345 g/mol. The van der Waals surface area contributed by atoms with E-state index in [0.717, 1.165) is 27.2 Å². The van der Waals surface area contributed by atoms with Crippen molar-refractivity contribution in [2.45, 2.75) is 52.2 Å². The molecule has 1 aliphatic rings. The molecule has 0 amide bonds. The van der Waals surface area contributed by atoms with Gasteiger partial charge in [0.25, 0.3) is 0 Å². The number of aromatic amines is 1. The van der Waals surface area contributed by atoms with Crippen LogP contribution in [0.15, 0.2) is 6.33 Å². The molecule has 0 radical (unpaired) electrons. The summed E-state index contributed by atoms with van der Waals surface area (Å²) >= 11 is 7.05. The van der Waals surface area contributed by atoms with Crippen molar-refractivity contribution in [3.63, 3.8) is 0 Å². The van der Waals surface area contributed by atoms with Crippen LogP contribution in [0, 0.1) is 4.64 Å². The van der Waals surface area contributed by atoms with Crippen LogP contribution in [0.5, 0.6) is 0 Å². The Morgan fingerprint density at radius 3 is 2.87 bits per heavy atom. The molecule has 3 aromatic rings. The maximum atomic E-state index is 6.06. The van der Waals surface area contributed by atoms with Crippen LogP contribution in [-0.4, -0.2) is 20.6 Å². The molecular weight excluding hydrogens is 326 g/mol. The summed E-state index contributed by atoms with van der Waals surface area (Å²) in [6.07, 6.45) is 2.57. The number of nitrogens with one attached hydrogen (secondary N) is 1. The van der Waals surface area contributed by atoms with Crippen molar-refractivity contribution in [2.75, 3.05) is 0 Å². The Bertz CT molecular complexity index is 985. The average Bonchev–Trinajstić information content (AvgIpc) is 2.85. The number of fused-ring (bicyclic) bond motifs is 5. The van der Waals surface area contributed by atoms with E-state index in [4.69, 9.17) is 21.9 Å². The first-order valence-electron chi connectivity index (χ1n) is 7.83. The number of thiophene rings is 1. The third-order valence-electron chi connectivity index (χ3n) is 4.43. The third kappa shape index (κ3) is 2.31. The first-order chi connectivity index (χ1) is 10.9. The highest BCUT2D eigenvalue weighted by Crippen LogP contribution is 2.41. The van der Waals surface area contributed by atoms with Gasteiger partial charge in [-0.3, -0.25) is 0 Å². The molecule has 0 bridgehead atoms. The van der Waals surface area contributed by atoms with E-state index in [1.54, 1.807) is 17.7 Å². The minimum Gasteiger partial charge on any atom is -0.370 e. The maximum Gasteiger partial charge on any atom is 0.147 e. The van der Waals surface area contributed by atoms with Crippen LogP contribution in [0.25, 0.3) is 20.4 Å². The summed E-state index contributed by atoms with van der Waals surface area (Å²) in [4.78, 5) is 13.5. The normalized spacial score (nSPS) is 17.1. The standard InChI is InChI=1S/C17H19N3OS2/c1-8(2)12-10-6-21-17(3,4)5-9(10)11-13-14(23-16(11)20-12)15(22)19-7-18-13/h7-8H,5-6H2,1-4H3,(H,18,19,22). The summed E-state index contributed by atoms with van der Waals surface area (Å²) in [7, 11) is 0. The molecule has 0 spiro atoms. The molecule has 120 valence electrons. The number of rotatable bonds is 1. The van der Waals surface area contributed by atoms with Crippen LogP contribution in [0.1, 0.15) is 50.4 Å². The second kappa shape index (κ2) is 5.06. The third-order valence-corrected chi connectivity index (χ3v) is 5.96. The largest absolute Gasteiger partial charge is 0.370 e. The van der Waals surface area contributed by atoms with Gasteiger partial charge >= 0.3 is 0 Å². The van der Waals surface area contributed by atoms with Crippen molar-refractivity contribution in [1.82, 2.24) is 15.0 Å². The van der Waals surface area contributed by atoms with Gasteiger partial charge in [0.15, 0.2) is 0 Å². The van der Waals surface area contributed by atoms with Gasteiger partial charge in [-0.05, 0) is 25.3 Å². The van der Waals surface area contributed by atoms with Crippen LogP contribution < -0.4 is 0 Å². The molecule has 23 heavy (non-hydrogen) atoms. The molecule has 0 saturated carbocycles. The Kier molecular flexibility index (Phi) is 3.34. The predicted molar refractivity (Wildman–Crippen MR) is 96.8 cm³/mol. The highest BCUT2D eigenvalue weighted by Gasteiger charge is 2.31. The van der Waals surface area contributed by atoms with E-state index in [9.17, 15) is 0 Å². The summed E-state index contributed by atoms with van der Waals surface area (Å²) in [6.45, 7) is 9.30. The van der Waals surface area contributed by atoms with Gasteiger partial charge < -0.3 is 9.72 Å². The summed E-state index contributed by atoms with van der Waals surface area (Å²) in [5.74, 6) is 0.369. The molecule has 0 atom stereocenters. The summed E-state index contributed by atoms with van der Waals surface area (Å²) in [6, 6.07) is 0. The van der Waals surface area contributed by atoms with Crippen molar-refractivity contribution in [3.05, 3.63) is 27.8 Å². The highest BCUT2D eigenvalue weighted by atomic mass is 32.1. The summed E-state index contributed by atoms with van der Waals surface area (Å²) in [5.41, 5.74) is 4.67. The van der Waals surface area contributed by atoms with E-state index in [-0.39, 0.29) is 5.60 Å². The van der Waals surface area contributed by atoms with E-state index >= 15 is 0 Å². The molecule has 0 unspecified atom stereocenters. The molecule has 4 nitrogen and oxygen atoms in total. The topological polar surface area (TPSA) is 50.8 Å². The number of hydrogen-bond acceptors (Lipinski definition) is 5. The van der Waals surface area contributed by atoms with Gasteiger partial charge in [-0.2, -0.15) is 0 Å². The van der Waals surface area contributed by atoms with Gasteiger partial charge in [-0.25, -0.2) is 9.97 Å². The molecule has 0 fully saturated rings. The lowest BCUT2D eigenvalue weighted by Crippen LogP contribution is -2.32. The molecule has 1 aliphatic heterocycles. The Morgan fingerprint density at radius 2 is 2.13 bits per heavy atom. The smallest absolute Gasteiger partial charge is 0.147 e. The van der Waals surface area contributed by atoms with Crippen LogP contribution >= 0.6 is 23.6 Å². The lowest BCUT2D eigenvalue weighted by Gasteiger charge is -2.33. The lowest BCUT2D eigenvalue weighted by atomic mass is 9.87. The van der Waals surface area contributed by atoms with E-state index in [1.807, 2.05) is 0 Å². The second-order valence-electron chi connectivity index (χ2n) is 7.03. The molecule has 4 rings (SSSR count). The molecule has 1 N–H and O–H groups in total. The van der Waals surface area contributed by atoms with E-state index in [1.165, 1.54) is 16.5 Å².